The first-order valence-corrected chi connectivity index (χ1v) is 12.3. The Morgan fingerprint density at radius 3 is 1.92 bits per heavy atom. The van der Waals surface area contributed by atoms with Gasteiger partial charge in [0.1, 0.15) is 5.69 Å². The number of rotatable bonds is 7. The molecule has 36 heavy (non-hydrogen) atoms. The highest BCUT2D eigenvalue weighted by atomic mass is 32.2. The van der Waals surface area contributed by atoms with Crippen molar-refractivity contribution in [2.45, 2.75) is 12.8 Å². The number of carboxylic acid groups (broad SMARTS) is 2. The summed E-state index contributed by atoms with van der Waals surface area (Å²) in [5.74, 6) is -3.99. The fourth-order valence-corrected chi connectivity index (χ4v) is 5.45. The summed E-state index contributed by atoms with van der Waals surface area (Å²) in [6.07, 6.45) is -0.593. The van der Waals surface area contributed by atoms with Crippen molar-refractivity contribution in [2.24, 2.45) is 0 Å². The van der Waals surface area contributed by atoms with E-state index in [2.05, 4.69) is 10.2 Å². The fraction of sp³-hybridized carbons (Fsp3) is 0.364. The highest BCUT2D eigenvalue weighted by Gasteiger charge is 2.43. The minimum Gasteiger partial charge on any atom is -0.481 e. The molecule has 4 rings (SSSR count). The first-order valence-electron chi connectivity index (χ1n) is 10.9. The fourth-order valence-electron chi connectivity index (χ4n) is 3.73. The van der Waals surface area contributed by atoms with Crippen LogP contribution in [0.25, 0.3) is 0 Å². The molecule has 0 aromatic heterocycles. The third kappa shape index (κ3) is 6.66. The summed E-state index contributed by atoms with van der Waals surface area (Å²) in [5, 5.41) is 19.0. The summed E-state index contributed by atoms with van der Waals surface area (Å²) in [4.78, 5) is 21.4. The number of nitrogens with one attached hydrogen (secondary N) is 1. The van der Waals surface area contributed by atoms with Crippen LogP contribution >= 0.6 is 0 Å². The van der Waals surface area contributed by atoms with Crippen LogP contribution in [0.1, 0.15) is 12.8 Å². The zero-order valence-electron chi connectivity index (χ0n) is 19.2. The van der Waals surface area contributed by atoms with E-state index in [1.54, 1.807) is 24.3 Å². The van der Waals surface area contributed by atoms with Gasteiger partial charge in [-0.15, -0.1) is 0 Å². The Labute approximate surface area is 207 Å². The van der Waals surface area contributed by atoms with Crippen LogP contribution in [0.4, 0.5) is 25.8 Å². The molecule has 0 bridgehead atoms. The lowest BCUT2D eigenvalue weighted by Crippen LogP contribution is -2.47. The van der Waals surface area contributed by atoms with Gasteiger partial charge in [-0.1, -0.05) is 18.2 Å². The molecule has 2 aromatic carbocycles. The molecule has 0 spiro atoms. The molecule has 0 atom stereocenters. The van der Waals surface area contributed by atoms with Crippen molar-refractivity contribution in [3.05, 3.63) is 54.1 Å². The Balaban J connectivity index is 0.000000442. The van der Waals surface area contributed by atoms with E-state index in [9.17, 15) is 26.8 Å². The van der Waals surface area contributed by atoms with Crippen molar-refractivity contribution in [1.29, 1.82) is 0 Å². The van der Waals surface area contributed by atoms with Gasteiger partial charge in [0, 0.05) is 39.3 Å². The molecule has 2 aliphatic rings. The number of para-hydroxylation sites is 3. The smallest absolute Gasteiger partial charge is 0.331 e. The average Bonchev–Trinajstić information content (AvgIpc) is 3.03. The molecule has 14 heteroatoms. The molecule has 2 aromatic rings. The van der Waals surface area contributed by atoms with Crippen LogP contribution < -0.4 is 13.9 Å². The minimum atomic E-state index is -4.14. The number of hydrogen-bond acceptors (Lipinski definition) is 6. The largest absolute Gasteiger partial charge is 0.481 e. The molecule has 198 valence electrons. The number of piperazine rings is 1. The van der Waals surface area contributed by atoms with Crippen LogP contribution in [0.3, 0.4) is 0 Å². The minimum absolute atomic E-state index is 0. The Morgan fingerprint density at radius 2 is 1.39 bits per heavy atom. The van der Waals surface area contributed by atoms with Gasteiger partial charge in [-0.25, -0.2) is 17.4 Å². The van der Waals surface area contributed by atoms with Gasteiger partial charge in [-0.2, -0.15) is 8.42 Å². The normalized spacial score (nSPS) is 16.4. The van der Waals surface area contributed by atoms with Crippen molar-refractivity contribution in [3.8, 4) is 0 Å². The predicted molar refractivity (Wildman–Crippen MR) is 129 cm³/mol. The third-order valence-electron chi connectivity index (χ3n) is 5.40. The van der Waals surface area contributed by atoms with Gasteiger partial charge in [0.15, 0.2) is 11.6 Å². The van der Waals surface area contributed by atoms with Gasteiger partial charge in [-0.05, 0) is 24.3 Å². The second kappa shape index (κ2) is 12.6. The molecule has 11 nitrogen and oxygen atoms in total. The lowest BCUT2D eigenvalue weighted by atomic mass is 10.2. The Kier molecular flexibility index (Phi) is 10.1. The summed E-state index contributed by atoms with van der Waals surface area (Å²) < 4.78 is 57.2. The van der Waals surface area contributed by atoms with Gasteiger partial charge >= 0.3 is 22.1 Å². The number of anilines is 3. The Morgan fingerprint density at radius 1 is 0.861 bits per heavy atom. The van der Waals surface area contributed by atoms with Crippen molar-refractivity contribution >= 4 is 39.2 Å². The van der Waals surface area contributed by atoms with Crippen molar-refractivity contribution in [3.63, 3.8) is 0 Å². The Bertz CT molecular complexity index is 1140. The van der Waals surface area contributed by atoms with Crippen molar-refractivity contribution < 1.29 is 42.5 Å². The maximum atomic E-state index is 14.4. The highest BCUT2D eigenvalue weighted by Crippen LogP contribution is 2.46. The number of carbonyl (C=O) groups is 2. The number of nitrogens with zero attached hydrogens (tertiary/aromatic N) is 3. The SMILES string of the molecule is O.O=C(O)CCC(=O)O.O=S1(=O)N(CCN2CCNCC2)c2ccccc2N1c1c(F)cccc1F. The molecular weight excluding hydrogens is 502 g/mol. The van der Waals surface area contributed by atoms with Gasteiger partial charge in [0.25, 0.3) is 0 Å². The van der Waals surface area contributed by atoms with Gasteiger partial charge in [-0.3, -0.25) is 14.5 Å². The Hall–Kier alpha value is -3.33. The summed E-state index contributed by atoms with van der Waals surface area (Å²) in [6.45, 7) is 4.14. The standard InChI is InChI=1S/C18H20F2N4O2S.C4H6O4.H2O/c19-14-4-3-5-15(20)18(14)24-17-7-2-1-6-16(17)23(27(24,25)26)13-12-22-10-8-21-9-11-22;5-3(6)1-2-4(7)8;/h1-7,21H,8-13H2;1-2H2,(H,5,6)(H,7,8);1H2. The molecule has 1 fully saturated rings. The number of hydrogen-bond donors (Lipinski definition) is 3. The summed E-state index contributed by atoms with van der Waals surface area (Å²) >= 11 is 0. The lowest BCUT2D eigenvalue weighted by Gasteiger charge is -2.29. The second-order valence-electron chi connectivity index (χ2n) is 7.78. The summed E-state index contributed by atoms with van der Waals surface area (Å²) in [5.41, 5.74) is 0.103. The number of carboxylic acids is 2. The van der Waals surface area contributed by atoms with Crippen LogP contribution in [0.5, 0.6) is 0 Å². The van der Waals surface area contributed by atoms with Gasteiger partial charge in [0.2, 0.25) is 0 Å². The van der Waals surface area contributed by atoms with E-state index in [0.717, 1.165) is 42.6 Å². The molecule has 5 N–H and O–H groups in total. The molecule has 0 unspecified atom stereocenters. The first-order chi connectivity index (χ1) is 16.6. The van der Waals surface area contributed by atoms with Crippen LogP contribution in [-0.2, 0) is 19.8 Å². The van der Waals surface area contributed by atoms with Crippen LogP contribution in [0.2, 0.25) is 0 Å². The number of benzene rings is 2. The van der Waals surface area contributed by atoms with Crippen LogP contribution in [-0.4, -0.2) is 80.2 Å². The second-order valence-corrected chi connectivity index (χ2v) is 9.48. The van der Waals surface area contributed by atoms with E-state index < -0.39 is 39.5 Å². The molecule has 0 aliphatic carbocycles. The van der Waals surface area contributed by atoms with E-state index >= 15 is 0 Å². The van der Waals surface area contributed by atoms with E-state index in [1.807, 2.05) is 0 Å². The van der Waals surface area contributed by atoms with Crippen LogP contribution in [0.15, 0.2) is 42.5 Å². The van der Waals surface area contributed by atoms with Crippen molar-refractivity contribution in [1.82, 2.24) is 10.2 Å². The monoisotopic (exact) mass is 530 g/mol. The quantitative estimate of drug-likeness (QED) is 0.481. The summed E-state index contributed by atoms with van der Waals surface area (Å²) in [6, 6.07) is 9.91. The maximum absolute atomic E-state index is 14.4. The van der Waals surface area contributed by atoms with E-state index in [-0.39, 0.29) is 30.5 Å². The molecule has 0 amide bonds. The lowest BCUT2D eigenvalue weighted by molar-refractivity contribution is -0.143. The zero-order chi connectivity index (χ0) is 25.6. The molecule has 0 radical (unpaired) electrons. The van der Waals surface area contributed by atoms with E-state index in [1.165, 1.54) is 10.4 Å². The topological polar surface area (TPSA) is 162 Å². The zero-order valence-corrected chi connectivity index (χ0v) is 20.0. The molecule has 1 saturated heterocycles. The molecule has 2 aliphatic heterocycles. The third-order valence-corrected chi connectivity index (χ3v) is 7.18. The summed E-state index contributed by atoms with van der Waals surface area (Å²) in [7, 11) is -4.14. The first kappa shape index (κ1) is 28.9. The maximum Gasteiger partial charge on any atom is 0.331 e. The van der Waals surface area contributed by atoms with Crippen LogP contribution in [0, 0.1) is 11.6 Å². The predicted octanol–water partition coefficient (Wildman–Crippen LogP) is 1.18. The van der Waals surface area contributed by atoms with Gasteiger partial charge in [0.05, 0.1) is 24.2 Å². The van der Waals surface area contributed by atoms with E-state index in [0.29, 0.717) is 12.2 Å². The van der Waals surface area contributed by atoms with Crippen molar-refractivity contribution in [2.75, 3.05) is 47.9 Å². The molecule has 2 heterocycles. The van der Waals surface area contributed by atoms with Gasteiger partial charge < -0.3 is 21.0 Å². The molecular formula is C22H28F2N4O7S. The average molecular weight is 531 g/mol. The number of aliphatic carboxylic acids is 2. The number of halogens is 2. The highest BCUT2D eigenvalue weighted by molar-refractivity contribution is 7.95. The van der Waals surface area contributed by atoms with E-state index in [4.69, 9.17) is 10.2 Å². The number of fused-ring (bicyclic) bond motifs is 1. The molecule has 0 saturated carbocycles.